The minimum atomic E-state index is -3.94. The van der Waals surface area contributed by atoms with Crippen molar-refractivity contribution in [2.45, 2.75) is 102 Å². The molecule has 2 aromatic heterocycles. The second-order valence-electron chi connectivity index (χ2n) is 17.1. The SMILES string of the molecule is C=C[C@@H]1C[C@]1(NC(=O)[C@@H]1C[C@@H](Oc2nc3c4cc(Cl)ccc4oc3c3ccc(Cl)cc23)CN1C(=O)[C@@H](NC(=O)OC(C)(C)C)C(C)(C)C)C(=O)NS(=O)(=O)C1CC1. The number of likely N-dealkylation sites (tertiary alicyclic amines) is 1. The molecule has 4 amide bonds. The topological polar surface area (TPSA) is 186 Å². The molecule has 1 saturated heterocycles. The van der Waals surface area contributed by atoms with Crippen LogP contribution < -0.4 is 20.1 Å². The molecule has 2 aliphatic carbocycles. The zero-order valence-corrected chi connectivity index (χ0v) is 34.7. The van der Waals surface area contributed by atoms with Crippen molar-refractivity contribution in [3.8, 4) is 5.88 Å². The second-order valence-corrected chi connectivity index (χ2v) is 20.0. The number of rotatable bonds is 10. The largest absolute Gasteiger partial charge is 0.472 e. The van der Waals surface area contributed by atoms with Gasteiger partial charge >= 0.3 is 6.09 Å². The molecule has 1 aliphatic heterocycles. The van der Waals surface area contributed by atoms with E-state index in [9.17, 15) is 27.6 Å². The Morgan fingerprint density at radius 2 is 1.68 bits per heavy atom. The number of nitrogens with zero attached hydrogens (tertiary/aromatic N) is 2. The van der Waals surface area contributed by atoms with Gasteiger partial charge in [-0.05, 0) is 81.8 Å². The van der Waals surface area contributed by atoms with Gasteiger partial charge in [0.15, 0.2) is 5.58 Å². The molecular weight excluding hydrogens is 797 g/mol. The molecule has 2 aromatic carbocycles. The third kappa shape index (κ3) is 8.11. The number of hydrogen-bond acceptors (Lipinski definition) is 10. The van der Waals surface area contributed by atoms with E-state index in [1.165, 1.54) is 11.0 Å². The van der Waals surface area contributed by atoms with E-state index in [1.807, 2.05) is 0 Å². The van der Waals surface area contributed by atoms with Crippen LogP contribution in [0.1, 0.15) is 67.2 Å². The van der Waals surface area contributed by atoms with Crippen molar-refractivity contribution in [3.63, 3.8) is 0 Å². The number of fused-ring (bicyclic) bond motifs is 5. The van der Waals surface area contributed by atoms with Crippen LogP contribution >= 0.6 is 23.2 Å². The zero-order valence-electron chi connectivity index (χ0n) is 32.4. The van der Waals surface area contributed by atoms with Crippen LogP contribution in [0.25, 0.3) is 32.8 Å². The maximum Gasteiger partial charge on any atom is 0.408 e. The number of alkyl carbamates (subject to hydrolysis) is 1. The molecule has 17 heteroatoms. The number of sulfonamides is 1. The van der Waals surface area contributed by atoms with Gasteiger partial charge in [0.25, 0.3) is 5.91 Å². The molecule has 5 atom stereocenters. The second kappa shape index (κ2) is 14.3. The summed E-state index contributed by atoms with van der Waals surface area (Å²) in [6, 6.07) is 7.97. The third-order valence-electron chi connectivity index (χ3n) is 10.4. The highest BCUT2D eigenvalue weighted by atomic mass is 35.5. The van der Waals surface area contributed by atoms with Crippen molar-refractivity contribution in [2.75, 3.05) is 6.54 Å². The zero-order chi connectivity index (χ0) is 41.4. The number of hydrogen-bond donors (Lipinski definition) is 3. The summed E-state index contributed by atoms with van der Waals surface area (Å²) in [5, 5.41) is 7.52. The number of nitrogens with one attached hydrogen (secondary N) is 3. The Bertz CT molecular complexity index is 2450. The number of ether oxygens (including phenoxy) is 2. The first-order valence-corrected chi connectivity index (χ1v) is 21.0. The number of amides is 4. The van der Waals surface area contributed by atoms with Gasteiger partial charge in [-0.25, -0.2) is 18.2 Å². The molecule has 14 nitrogen and oxygen atoms in total. The summed E-state index contributed by atoms with van der Waals surface area (Å²) in [7, 11) is -3.94. The van der Waals surface area contributed by atoms with Crippen molar-refractivity contribution in [1.29, 1.82) is 0 Å². The summed E-state index contributed by atoms with van der Waals surface area (Å²) in [4.78, 5) is 62.0. The van der Waals surface area contributed by atoms with Crippen LogP contribution in [0, 0.1) is 11.3 Å². The molecule has 0 spiro atoms. The Labute approximate surface area is 340 Å². The molecule has 0 unspecified atom stereocenters. The van der Waals surface area contributed by atoms with Crippen LogP contribution in [0.3, 0.4) is 0 Å². The summed E-state index contributed by atoms with van der Waals surface area (Å²) in [6.07, 6.45) is 0.752. The molecule has 3 heterocycles. The number of carbonyl (C=O) groups excluding carboxylic acids is 4. The first-order valence-electron chi connectivity index (χ1n) is 18.7. The summed E-state index contributed by atoms with van der Waals surface area (Å²) in [5.41, 5.74) is -1.80. The molecule has 57 heavy (non-hydrogen) atoms. The van der Waals surface area contributed by atoms with E-state index in [1.54, 1.807) is 77.9 Å². The quantitative estimate of drug-likeness (QED) is 0.151. The fraction of sp³-hybridized carbons (Fsp3) is 0.475. The predicted molar refractivity (Wildman–Crippen MR) is 215 cm³/mol. The molecule has 4 aromatic rings. The molecule has 0 radical (unpaired) electrons. The smallest absolute Gasteiger partial charge is 0.408 e. The standard InChI is InChI=1S/C40H45Cl2N5O9S/c1-8-20-18-40(20,36(50)46-57(52,53)24-11-12-24)45-33(48)28-17-23(19-47(28)35(49)32(38(2,3)4)44-37(51)56-39(5,6)7)54-34-26-15-21(41)9-13-25(26)31-30(43-34)27-16-22(42)10-14-29(27)55-31/h8-10,13-16,20,23-24,28,32H,1,11-12,17-19H2,2-7H3,(H,44,51)(H,45,48)(H,46,50)/t20-,23-,28+,32-,40-/m1/s1. The molecule has 304 valence electrons. The van der Waals surface area contributed by atoms with Crippen molar-refractivity contribution in [2.24, 2.45) is 11.3 Å². The molecule has 3 N–H and O–H groups in total. The Morgan fingerprint density at radius 1 is 1.02 bits per heavy atom. The number of carbonyl (C=O) groups is 4. The summed E-state index contributed by atoms with van der Waals surface area (Å²) in [6.45, 7) is 14.0. The van der Waals surface area contributed by atoms with Crippen LogP contribution in [0.15, 0.2) is 53.5 Å². The normalized spacial score (nSPS) is 22.9. The van der Waals surface area contributed by atoms with E-state index in [-0.39, 0.29) is 25.3 Å². The summed E-state index contributed by atoms with van der Waals surface area (Å²) < 4.78 is 46.0. The fourth-order valence-electron chi connectivity index (χ4n) is 7.29. The van der Waals surface area contributed by atoms with Crippen molar-refractivity contribution < 1.29 is 41.5 Å². The van der Waals surface area contributed by atoms with Crippen molar-refractivity contribution in [3.05, 3.63) is 59.1 Å². The van der Waals surface area contributed by atoms with E-state index >= 15 is 0 Å². The Kier molecular flexibility index (Phi) is 10.2. The Hall–Kier alpha value is -4.60. The van der Waals surface area contributed by atoms with Gasteiger partial charge < -0.3 is 29.4 Å². The Balaban J connectivity index is 1.25. The molecule has 2 saturated carbocycles. The van der Waals surface area contributed by atoms with Crippen molar-refractivity contribution in [1.82, 2.24) is 25.2 Å². The number of aromatic nitrogens is 1. The summed E-state index contributed by atoms with van der Waals surface area (Å²) >= 11 is 12.8. The molecule has 7 rings (SSSR count). The number of halogens is 2. The lowest BCUT2D eigenvalue weighted by molar-refractivity contribution is -0.143. The van der Waals surface area contributed by atoms with E-state index in [0.29, 0.717) is 55.7 Å². The number of benzene rings is 2. The van der Waals surface area contributed by atoms with Crippen LogP contribution in [0.4, 0.5) is 4.79 Å². The van der Waals surface area contributed by atoms with Gasteiger partial charge in [-0.15, -0.1) is 6.58 Å². The molecular formula is C40H45Cl2N5O9S. The highest BCUT2D eigenvalue weighted by Crippen LogP contribution is 2.46. The minimum absolute atomic E-state index is 0.0581. The number of pyridine rings is 1. The molecule has 3 aliphatic rings. The predicted octanol–water partition coefficient (Wildman–Crippen LogP) is 6.40. The Morgan fingerprint density at radius 3 is 2.30 bits per heavy atom. The van der Waals surface area contributed by atoms with E-state index in [2.05, 4.69) is 21.9 Å². The minimum Gasteiger partial charge on any atom is -0.472 e. The van der Waals surface area contributed by atoms with Gasteiger partial charge in [0.05, 0.1) is 11.8 Å². The van der Waals surface area contributed by atoms with Crippen molar-refractivity contribution >= 4 is 89.9 Å². The highest BCUT2D eigenvalue weighted by molar-refractivity contribution is 7.91. The van der Waals surface area contributed by atoms with Gasteiger partial charge in [0.2, 0.25) is 27.7 Å². The van der Waals surface area contributed by atoms with Crippen LogP contribution in [0.5, 0.6) is 5.88 Å². The van der Waals surface area contributed by atoms with Crippen LogP contribution in [0.2, 0.25) is 10.0 Å². The van der Waals surface area contributed by atoms with Gasteiger partial charge in [-0.2, -0.15) is 0 Å². The average molecular weight is 843 g/mol. The van der Waals surface area contributed by atoms with E-state index < -0.39 is 79.7 Å². The molecule has 3 fully saturated rings. The maximum absolute atomic E-state index is 14.7. The first kappa shape index (κ1) is 40.6. The monoisotopic (exact) mass is 841 g/mol. The number of furan rings is 1. The maximum atomic E-state index is 14.7. The van der Waals surface area contributed by atoms with E-state index in [4.69, 9.17) is 42.1 Å². The van der Waals surface area contributed by atoms with E-state index in [0.717, 1.165) is 0 Å². The van der Waals surface area contributed by atoms with Gasteiger partial charge in [0.1, 0.15) is 40.4 Å². The fourth-order valence-corrected chi connectivity index (χ4v) is 8.99. The molecule has 0 bridgehead atoms. The lowest BCUT2D eigenvalue weighted by Gasteiger charge is -2.36. The average Bonchev–Trinajstić information content (AvgIpc) is 4.01. The van der Waals surface area contributed by atoms with Gasteiger partial charge in [-0.3, -0.25) is 19.1 Å². The highest BCUT2D eigenvalue weighted by Gasteiger charge is 2.62. The third-order valence-corrected chi connectivity index (χ3v) is 12.7. The van der Waals surface area contributed by atoms with Gasteiger partial charge in [-0.1, -0.05) is 50.0 Å². The van der Waals surface area contributed by atoms with Gasteiger partial charge in [0, 0.05) is 38.5 Å². The van der Waals surface area contributed by atoms with Crippen LogP contribution in [-0.2, 0) is 29.1 Å². The van der Waals surface area contributed by atoms with Crippen LogP contribution in [-0.4, -0.2) is 83.2 Å². The first-order chi connectivity index (χ1) is 26.6. The lowest BCUT2D eigenvalue weighted by Crippen LogP contribution is -2.60. The summed E-state index contributed by atoms with van der Waals surface area (Å²) in [5.74, 6) is -2.58. The lowest BCUT2D eigenvalue weighted by atomic mass is 9.85.